The number of amides is 1. The van der Waals surface area contributed by atoms with E-state index in [4.69, 9.17) is 4.74 Å². The van der Waals surface area contributed by atoms with Crippen LogP contribution in [-0.4, -0.2) is 60.5 Å². The van der Waals surface area contributed by atoms with Crippen LogP contribution in [0.1, 0.15) is 11.1 Å². The number of anilines is 2. The molecule has 0 saturated carbocycles. The zero-order chi connectivity index (χ0) is 26.8. The first-order valence-electron chi connectivity index (χ1n) is 11.6. The lowest BCUT2D eigenvalue weighted by Crippen LogP contribution is -2.42. The van der Waals surface area contributed by atoms with Gasteiger partial charge in [0, 0.05) is 26.3 Å². The third-order valence-corrected chi connectivity index (χ3v) is 9.03. The summed E-state index contributed by atoms with van der Waals surface area (Å²) < 4.78 is 58.1. The van der Waals surface area contributed by atoms with E-state index in [1.54, 1.807) is 36.4 Å². The highest BCUT2D eigenvalue weighted by atomic mass is 32.2. The van der Waals surface area contributed by atoms with Crippen molar-refractivity contribution < 1.29 is 26.4 Å². The second-order valence-electron chi connectivity index (χ2n) is 8.91. The van der Waals surface area contributed by atoms with E-state index in [0.717, 1.165) is 26.0 Å². The molecule has 0 unspecified atom stereocenters. The van der Waals surface area contributed by atoms with Gasteiger partial charge in [-0.1, -0.05) is 30.3 Å². The predicted molar refractivity (Wildman–Crippen MR) is 143 cm³/mol. The molecule has 0 fully saturated rings. The van der Waals surface area contributed by atoms with Crippen molar-refractivity contribution in [3.63, 3.8) is 0 Å². The van der Waals surface area contributed by atoms with Crippen molar-refractivity contribution in [2.24, 2.45) is 0 Å². The van der Waals surface area contributed by atoms with E-state index < -0.39 is 26.0 Å². The van der Waals surface area contributed by atoms with Gasteiger partial charge in [0.05, 0.1) is 16.8 Å². The summed E-state index contributed by atoms with van der Waals surface area (Å²) in [6.07, 6.45) is 1.53. The second-order valence-corrected chi connectivity index (χ2v) is 13.0. The molecule has 3 aromatic carbocycles. The molecule has 0 saturated heterocycles. The molecule has 1 amide bonds. The molecule has 196 valence electrons. The highest BCUT2D eigenvalue weighted by Gasteiger charge is 2.30. The van der Waals surface area contributed by atoms with Crippen molar-refractivity contribution in [3.8, 4) is 5.75 Å². The minimum Gasteiger partial charge on any atom is -0.489 e. The number of fused-ring (bicyclic) bond motifs is 1. The Morgan fingerprint density at radius 2 is 1.62 bits per heavy atom. The fraction of sp³-hybridized carbons (Fsp3) is 0.269. The quantitative estimate of drug-likeness (QED) is 0.411. The van der Waals surface area contributed by atoms with Gasteiger partial charge in [0.1, 0.15) is 18.9 Å². The fourth-order valence-corrected chi connectivity index (χ4v) is 5.87. The summed E-state index contributed by atoms with van der Waals surface area (Å²) in [4.78, 5) is 14.9. The molecule has 0 radical (unpaired) electrons. The van der Waals surface area contributed by atoms with Crippen molar-refractivity contribution in [3.05, 3.63) is 83.9 Å². The van der Waals surface area contributed by atoms with Gasteiger partial charge in [-0.3, -0.25) is 9.10 Å². The predicted octanol–water partition coefficient (Wildman–Crippen LogP) is 2.87. The second kappa shape index (κ2) is 10.5. The first-order chi connectivity index (χ1) is 17.5. The lowest BCUT2D eigenvalue weighted by molar-refractivity contribution is -0.117. The van der Waals surface area contributed by atoms with Crippen LogP contribution < -0.4 is 13.9 Å². The summed E-state index contributed by atoms with van der Waals surface area (Å²) in [6, 6.07) is 20.8. The van der Waals surface area contributed by atoms with Crippen LogP contribution in [0.4, 0.5) is 11.4 Å². The van der Waals surface area contributed by atoms with Crippen LogP contribution in [0.2, 0.25) is 0 Å². The Labute approximate surface area is 218 Å². The minimum absolute atomic E-state index is 0.151. The topological polar surface area (TPSA) is 104 Å². The monoisotopic (exact) mass is 543 g/mol. The lowest BCUT2D eigenvalue weighted by atomic mass is 10.2. The highest BCUT2D eigenvalue weighted by molar-refractivity contribution is 7.92. The molecule has 9 nitrogen and oxygen atoms in total. The van der Waals surface area contributed by atoms with Gasteiger partial charge < -0.3 is 9.64 Å². The molecule has 11 heteroatoms. The van der Waals surface area contributed by atoms with Crippen molar-refractivity contribution in [2.75, 3.05) is 42.6 Å². The summed E-state index contributed by atoms with van der Waals surface area (Å²) in [5.41, 5.74) is 2.66. The van der Waals surface area contributed by atoms with Gasteiger partial charge in [0.15, 0.2) is 0 Å². The molecule has 1 aliphatic rings. The molecule has 4 rings (SSSR count). The third kappa shape index (κ3) is 5.95. The Hall–Kier alpha value is -3.41. The Balaban J connectivity index is 1.49. The number of ether oxygens (including phenoxy) is 1. The summed E-state index contributed by atoms with van der Waals surface area (Å²) >= 11 is 0. The molecule has 0 aliphatic carbocycles. The first kappa shape index (κ1) is 26.6. The summed E-state index contributed by atoms with van der Waals surface area (Å²) in [5, 5.41) is 0. The van der Waals surface area contributed by atoms with Crippen LogP contribution in [0, 0.1) is 0 Å². The number of nitrogens with zero attached hydrogens (tertiary/aromatic N) is 3. The van der Waals surface area contributed by atoms with E-state index in [1.807, 2.05) is 30.3 Å². The average Bonchev–Trinajstić information content (AvgIpc) is 3.30. The SMILES string of the molecule is CN(C)S(=O)(=O)c1ccc2c(c1)CCN2C(=O)CN(c1ccc(OCc2ccccc2)cc1)S(C)(=O)=O. The van der Waals surface area contributed by atoms with Gasteiger partial charge in [-0.05, 0) is 60.0 Å². The standard InChI is InChI=1S/C26H29N3O6S2/c1-27(2)37(33,34)24-13-14-25-21(17-24)15-16-28(25)26(30)18-29(36(3,31)32)22-9-11-23(12-10-22)35-19-20-7-5-4-6-8-20/h4-14,17H,15-16,18-19H2,1-3H3. The van der Waals surface area contributed by atoms with Crippen LogP contribution in [-0.2, 0) is 37.9 Å². The zero-order valence-corrected chi connectivity index (χ0v) is 22.5. The summed E-state index contributed by atoms with van der Waals surface area (Å²) in [6.45, 7) is 0.324. The number of benzene rings is 3. The lowest BCUT2D eigenvalue weighted by Gasteiger charge is -2.25. The molecule has 0 bridgehead atoms. The third-order valence-electron chi connectivity index (χ3n) is 6.08. The summed E-state index contributed by atoms with van der Waals surface area (Å²) in [5.74, 6) is 0.168. The van der Waals surface area contributed by atoms with E-state index in [-0.39, 0.29) is 11.4 Å². The average molecular weight is 544 g/mol. The van der Waals surface area contributed by atoms with Crippen molar-refractivity contribution >= 4 is 37.3 Å². The molecule has 1 aliphatic heterocycles. The molecule has 0 atom stereocenters. The van der Waals surface area contributed by atoms with Gasteiger partial charge in [0.25, 0.3) is 0 Å². The molecular formula is C26H29N3O6S2. The molecule has 3 aromatic rings. The van der Waals surface area contributed by atoms with Crippen LogP contribution >= 0.6 is 0 Å². The first-order valence-corrected chi connectivity index (χ1v) is 14.9. The van der Waals surface area contributed by atoms with E-state index in [0.29, 0.717) is 36.7 Å². The number of sulfonamides is 2. The van der Waals surface area contributed by atoms with Gasteiger partial charge in [-0.15, -0.1) is 0 Å². The zero-order valence-electron chi connectivity index (χ0n) is 20.9. The van der Waals surface area contributed by atoms with Crippen molar-refractivity contribution in [2.45, 2.75) is 17.9 Å². The smallest absolute Gasteiger partial charge is 0.247 e. The summed E-state index contributed by atoms with van der Waals surface area (Å²) in [7, 11) is -4.45. The number of hydrogen-bond donors (Lipinski definition) is 0. The van der Waals surface area contributed by atoms with Gasteiger partial charge in [-0.2, -0.15) is 0 Å². The maximum atomic E-state index is 13.2. The van der Waals surface area contributed by atoms with Crippen molar-refractivity contribution in [1.82, 2.24) is 4.31 Å². The number of rotatable bonds is 9. The maximum Gasteiger partial charge on any atom is 0.247 e. The Morgan fingerprint density at radius 1 is 0.946 bits per heavy atom. The Bertz CT molecular complexity index is 1490. The minimum atomic E-state index is -3.76. The fourth-order valence-electron chi connectivity index (χ4n) is 4.07. The van der Waals surface area contributed by atoms with E-state index >= 15 is 0 Å². The Morgan fingerprint density at radius 3 is 2.24 bits per heavy atom. The van der Waals surface area contributed by atoms with Gasteiger partial charge in [-0.25, -0.2) is 21.1 Å². The van der Waals surface area contributed by atoms with Crippen LogP contribution in [0.5, 0.6) is 5.75 Å². The molecular weight excluding hydrogens is 514 g/mol. The molecule has 1 heterocycles. The maximum absolute atomic E-state index is 13.2. The van der Waals surface area contributed by atoms with E-state index in [1.165, 1.54) is 25.1 Å². The normalized spacial score (nSPS) is 13.5. The largest absolute Gasteiger partial charge is 0.489 e. The van der Waals surface area contributed by atoms with E-state index in [9.17, 15) is 21.6 Å². The Kier molecular flexibility index (Phi) is 7.58. The van der Waals surface area contributed by atoms with Crippen LogP contribution in [0.15, 0.2) is 77.7 Å². The molecule has 0 N–H and O–H groups in total. The number of carbonyl (C=O) groups is 1. The van der Waals surface area contributed by atoms with Crippen LogP contribution in [0.25, 0.3) is 0 Å². The molecule has 37 heavy (non-hydrogen) atoms. The van der Waals surface area contributed by atoms with Crippen LogP contribution in [0.3, 0.4) is 0 Å². The highest BCUT2D eigenvalue weighted by Crippen LogP contribution is 2.31. The van der Waals surface area contributed by atoms with Gasteiger partial charge in [0.2, 0.25) is 26.0 Å². The number of hydrogen-bond acceptors (Lipinski definition) is 6. The van der Waals surface area contributed by atoms with Gasteiger partial charge >= 0.3 is 0 Å². The number of carbonyl (C=O) groups excluding carboxylic acids is 1. The van der Waals surface area contributed by atoms with Crippen molar-refractivity contribution in [1.29, 1.82) is 0 Å². The molecule has 0 aromatic heterocycles. The van der Waals surface area contributed by atoms with E-state index in [2.05, 4.69) is 0 Å². The molecule has 0 spiro atoms.